The van der Waals surface area contributed by atoms with Crippen molar-refractivity contribution >= 4 is 17.3 Å². The lowest BCUT2D eigenvalue weighted by atomic mass is 9.49. The van der Waals surface area contributed by atoms with Crippen LogP contribution in [0.4, 0.5) is 11.4 Å². The second-order valence-electron chi connectivity index (χ2n) is 9.25. The predicted molar refractivity (Wildman–Crippen MR) is 103 cm³/mol. The molecule has 0 spiro atoms. The predicted octanol–water partition coefficient (Wildman–Crippen LogP) is 3.99. The summed E-state index contributed by atoms with van der Waals surface area (Å²) >= 11 is 0. The quantitative estimate of drug-likeness (QED) is 0.892. The first-order valence-electron chi connectivity index (χ1n) is 10.4. The maximum Gasteiger partial charge on any atom is 0.230 e. The van der Waals surface area contributed by atoms with Crippen LogP contribution in [0.2, 0.25) is 0 Å². The number of rotatable bonds is 3. The van der Waals surface area contributed by atoms with E-state index in [9.17, 15) is 4.79 Å². The number of hydrogen-bond donors (Lipinski definition) is 1. The van der Waals surface area contributed by atoms with Crippen LogP contribution in [-0.4, -0.2) is 32.2 Å². The Morgan fingerprint density at radius 2 is 1.69 bits per heavy atom. The summed E-state index contributed by atoms with van der Waals surface area (Å²) in [6, 6.07) is 6.47. The summed E-state index contributed by atoms with van der Waals surface area (Å²) in [5, 5.41) is 3.35. The minimum absolute atomic E-state index is 0.0871. The molecule has 1 saturated heterocycles. The van der Waals surface area contributed by atoms with Gasteiger partial charge in [0.05, 0.1) is 18.6 Å². The van der Waals surface area contributed by atoms with Crippen LogP contribution >= 0.6 is 0 Å². The van der Waals surface area contributed by atoms with Crippen LogP contribution in [-0.2, 0) is 9.53 Å². The van der Waals surface area contributed by atoms with E-state index in [0.717, 1.165) is 74.6 Å². The van der Waals surface area contributed by atoms with E-state index < -0.39 is 0 Å². The zero-order valence-corrected chi connectivity index (χ0v) is 15.8. The molecule has 4 aliphatic carbocycles. The molecule has 5 aliphatic rings. The second-order valence-corrected chi connectivity index (χ2v) is 9.25. The molecule has 1 aliphatic heterocycles. The molecule has 0 radical (unpaired) electrons. The van der Waals surface area contributed by atoms with Gasteiger partial charge in [-0.25, -0.2) is 0 Å². The normalized spacial score (nSPS) is 35.6. The van der Waals surface area contributed by atoms with Gasteiger partial charge in [0, 0.05) is 24.5 Å². The van der Waals surface area contributed by atoms with E-state index >= 15 is 0 Å². The topological polar surface area (TPSA) is 41.6 Å². The first kappa shape index (κ1) is 16.6. The first-order valence-corrected chi connectivity index (χ1v) is 10.4. The Morgan fingerprint density at radius 3 is 2.31 bits per heavy atom. The van der Waals surface area contributed by atoms with Crippen LogP contribution in [0.1, 0.15) is 44.1 Å². The van der Waals surface area contributed by atoms with E-state index in [1.54, 1.807) is 0 Å². The fourth-order valence-electron chi connectivity index (χ4n) is 6.41. The van der Waals surface area contributed by atoms with Crippen molar-refractivity contribution in [2.45, 2.75) is 45.4 Å². The lowest BCUT2D eigenvalue weighted by Crippen LogP contribution is -2.51. The zero-order chi connectivity index (χ0) is 17.7. The number of benzene rings is 1. The standard InChI is InChI=1S/C22H30N2O2/c1-15-2-3-19(24-4-6-26-7-5-24)11-20(15)23-21(25)22-12-16-8-17(13-22)10-18(9-16)14-22/h2-3,11,16-18H,4-10,12-14H2,1H3,(H,23,25). The molecule has 140 valence electrons. The highest BCUT2D eigenvalue weighted by atomic mass is 16.5. The number of carbonyl (C=O) groups excluding carboxylic acids is 1. The summed E-state index contributed by atoms with van der Waals surface area (Å²) in [4.78, 5) is 15.7. The SMILES string of the molecule is Cc1ccc(N2CCOCC2)cc1NC(=O)C12CC3CC(CC(C3)C1)C2. The van der Waals surface area contributed by atoms with E-state index in [1.165, 1.54) is 24.9 Å². The van der Waals surface area contributed by atoms with Crippen LogP contribution in [0.5, 0.6) is 0 Å². The van der Waals surface area contributed by atoms with E-state index in [0.29, 0.717) is 5.91 Å². The van der Waals surface area contributed by atoms with Gasteiger partial charge in [0.2, 0.25) is 5.91 Å². The first-order chi connectivity index (χ1) is 12.6. The third kappa shape index (κ3) is 2.83. The summed E-state index contributed by atoms with van der Waals surface area (Å²) in [5.41, 5.74) is 3.26. The highest BCUT2D eigenvalue weighted by Crippen LogP contribution is 2.60. The number of amides is 1. The molecule has 4 heteroatoms. The Hall–Kier alpha value is -1.55. The van der Waals surface area contributed by atoms with Crippen molar-refractivity contribution in [3.05, 3.63) is 23.8 Å². The number of anilines is 2. The lowest BCUT2D eigenvalue weighted by molar-refractivity contribution is -0.140. The molecule has 1 N–H and O–H groups in total. The molecule has 1 heterocycles. The van der Waals surface area contributed by atoms with Gasteiger partial charge < -0.3 is 15.0 Å². The summed E-state index contributed by atoms with van der Waals surface area (Å²) in [6.07, 6.45) is 7.47. The third-order valence-electron chi connectivity index (χ3n) is 7.37. The Kier molecular flexibility index (Phi) is 4.00. The van der Waals surface area contributed by atoms with Crippen molar-refractivity contribution in [1.82, 2.24) is 0 Å². The summed E-state index contributed by atoms with van der Waals surface area (Å²) in [5.74, 6) is 2.69. The molecule has 5 fully saturated rings. The minimum Gasteiger partial charge on any atom is -0.378 e. The number of hydrogen-bond acceptors (Lipinski definition) is 3. The molecular formula is C22H30N2O2. The van der Waals surface area contributed by atoms with Gasteiger partial charge in [0.1, 0.15) is 0 Å². The number of nitrogens with zero attached hydrogens (tertiary/aromatic N) is 1. The van der Waals surface area contributed by atoms with Crippen molar-refractivity contribution in [3.8, 4) is 0 Å². The van der Waals surface area contributed by atoms with Crippen molar-refractivity contribution in [3.63, 3.8) is 0 Å². The number of morpholine rings is 1. The molecule has 4 nitrogen and oxygen atoms in total. The van der Waals surface area contributed by atoms with E-state index in [4.69, 9.17) is 4.74 Å². The van der Waals surface area contributed by atoms with Gasteiger partial charge in [-0.3, -0.25) is 4.79 Å². The summed E-state index contributed by atoms with van der Waals surface area (Å²) in [7, 11) is 0. The smallest absolute Gasteiger partial charge is 0.230 e. The molecule has 0 aromatic heterocycles. The Morgan fingerprint density at radius 1 is 1.08 bits per heavy atom. The average molecular weight is 354 g/mol. The molecule has 26 heavy (non-hydrogen) atoms. The number of ether oxygens (including phenoxy) is 1. The van der Waals surface area contributed by atoms with E-state index in [1.807, 2.05) is 0 Å². The average Bonchev–Trinajstić information content (AvgIpc) is 2.63. The number of carbonyl (C=O) groups is 1. The van der Waals surface area contributed by atoms with Crippen LogP contribution in [0.25, 0.3) is 0 Å². The van der Waals surface area contributed by atoms with Gasteiger partial charge in [0.15, 0.2) is 0 Å². The van der Waals surface area contributed by atoms with Crippen molar-refractivity contribution in [2.75, 3.05) is 36.5 Å². The fourth-order valence-corrected chi connectivity index (χ4v) is 6.41. The van der Waals surface area contributed by atoms with E-state index in [2.05, 4.69) is 35.3 Å². The third-order valence-corrected chi connectivity index (χ3v) is 7.37. The molecule has 0 atom stereocenters. The lowest BCUT2D eigenvalue weighted by Gasteiger charge is -2.55. The molecular weight excluding hydrogens is 324 g/mol. The van der Waals surface area contributed by atoms with Gasteiger partial charge >= 0.3 is 0 Å². The molecule has 1 amide bonds. The van der Waals surface area contributed by atoms with Crippen LogP contribution < -0.4 is 10.2 Å². The van der Waals surface area contributed by atoms with Crippen LogP contribution in [0.15, 0.2) is 18.2 Å². The van der Waals surface area contributed by atoms with Gasteiger partial charge in [0.25, 0.3) is 0 Å². The van der Waals surface area contributed by atoms with Crippen molar-refractivity contribution in [1.29, 1.82) is 0 Å². The van der Waals surface area contributed by atoms with Gasteiger partial charge in [-0.2, -0.15) is 0 Å². The van der Waals surface area contributed by atoms with Crippen molar-refractivity contribution < 1.29 is 9.53 Å². The summed E-state index contributed by atoms with van der Waals surface area (Å²) in [6.45, 7) is 5.50. The van der Waals surface area contributed by atoms with Crippen LogP contribution in [0, 0.1) is 30.1 Å². The van der Waals surface area contributed by atoms with Crippen LogP contribution in [0.3, 0.4) is 0 Å². The maximum absolute atomic E-state index is 13.4. The molecule has 6 rings (SSSR count). The molecule has 1 aromatic carbocycles. The Labute approximate surface area is 156 Å². The Balaban J connectivity index is 1.36. The maximum atomic E-state index is 13.4. The molecule has 4 saturated carbocycles. The molecule has 0 unspecified atom stereocenters. The highest BCUT2D eigenvalue weighted by Gasteiger charge is 2.54. The zero-order valence-electron chi connectivity index (χ0n) is 15.8. The largest absolute Gasteiger partial charge is 0.378 e. The van der Waals surface area contributed by atoms with Gasteiger partial charge in [-0.1, -0.05) is 6.07 Å². The minimum atomic E-state index is -0.0871. The Bertz CT molecular complexity index is 673. The van der Waals surface area contributed by atoms with E-state index in [-0.39, 0.29) is 5.41 Å². The molecule has 1 aromatic rings. The highest BCUT2D eigenvalue weighted by molar-refractivity contribution is 5.96. The summed E-state index contributed by atoms with van der Waals surface area (Å²) < 4.78 is 5.47. The van der Waals surface area contributed by atoms with Crippen molar-refractivity contribution in [2.24, 2.45) is 23.2 Å². The molecule has 4 bridgehead atoms. The number of nitrogens with one attached hydrogen (secondary N) is 1. The van der Waals surface area contributed by atoms with Gasteiger partial charge in [-0.05, 0) is 80.9 Å². The van der Waals surface area contributed by atoms with Gasteiger partial charge in [-0.15, -0.1) is 0 Å². The fraction of sp³-hybridized carbons (Fsp3) is 0.682. The second kappa shape index (κ2) is 6.26. The monoisotopic (exact) mass is 354 g/mol. The number of aryl methyl sites for hydroxylation is 1.